The van der Waals surface area contributed by atoms with Crippen molar-refractivity contribution in [3.8, 4) is 12.3 Å². The van der Waals surface area contributed by atoms with Gasteiger partial charge in [-0.1, -0.05) is 13.3 Å². The number of esters is 1. The van der Waals surface area contributed by atoms with E-state index in [9.17, 15) is 24.1 Å². The second-order valence-corrected chi connectivity index (χ2v) is 8.51. The smallest absolute Gasteiger partial charge is 0.330 e. The maximum atomic E-state index is 12.4. The Kier molecular flexibility index (Phi) is 8.56. The molecule has 2 heterocycles. The molecule has 1 aromatic heterocycles. The van der Waals surface area contributed by atoms with Crippen LogP contribution in [0.15, 0.2) is 15.8 Å². The van der Waals surface area contributed by atoms with E-state index < -0.39 is 49.2 Å². The van der Waals surface area contributed by atoms with Gasteiger partial charge in [-0.2, -0.15) is 0 Å². The van der Waals surface area contributed by atoms with E-state index >= 15 is 0 Å². The van der Waals surface area contributed by atoms with Crippen LogP contribution in [0.3, 0.4) is 0 Å². The molecule has 1 aliphatic heterocycles. The number of hydrogen-bond acceptors (Lipinski definition) is 8. The number of aromatic amines is 1. The number of aromatic nitrogens is 2. The van der Waals surface area contributed by atoms with Crippen LogP contribution in [0.1, 0.15) is 32.6 Å². The zero-order valence-electron chi connectivity index (χ0n) is 15.6. The minimum Gasteiger partial charge on any atom is -0.468 e. The number of methoxy groups -OCH3 is 1. The second kappa shape index (κ2) is 10.0. The lowest BCUT2D eigenvalue weighted by Crippen LogP contribution is -2.34. The Balaban J connectivity index is 0.00000420. The Hall–Kier alpha value is -2.22. The van der Waals surface area contributed by atoms with Crippen LogP contribution >= 0.6 is 7.52 Å². The van der Waals surface area contributed by atoms with Crippen LogP contribution in [-0.4, -0.2) is 59.3 Å². The first-order valence-electron chi connectivity index (χ1n) is 8.31. The summed E-state index contributed by atoms with van der Waals surface area (Å²) in [5.74, 6) is 1.55. The van der Waals surface area contributed by atoms with Gasteiger partial charge < -0.3 is 19.1 Å². The molecule has 0 radical (unpaired) electrons. The van der Waals surface area contributed by atoms with Gasteiger partial charge in [-0.25, -0.2) is 9.88 Å². The van der Waals surface area contributed by atoms with Gasteiger partial charge in [0.2, 0.25) is 0 Å². The lowest BCUT2D eigenvalue weighted by atomic mass is 10.2. The number of terminal acetylenes is 1. The van der Waals surface area contributed by atoms with Gasteiger partial charge in [0, 0.05) is 19.3 Å². The summed E-state index contributed by atoms with van der Waals surface area (Å²) in [6, 6.07) is -0.857. The first-order chi connectivity index (χ1) is 13.1. The summed E-state index contributed by atoms with van der Waals surface area (Å²) in [7, 11) is -2.20. The number of carbonyl (C=O) groups excluding carboxylic acids is 1. The molecule has 162 valence electrons. The third kappa shape index (κ3) is 6.13. The Morgan fingerprint density at radius 3 is 2.83 bits per heavy atom. The molecule has 1 aromatic rings. The number of ether oxygens (including phenoxy) is 2. The summed E-state index contributed by atoms with van der Waals surface area (Å²) < 4.78 is 29.0. The van der Waals surface area contributed by atoms with Crippen molar-refractivity contribution < 1.29 is 28.5 Å². The van der Waals surface area contributed by atoms with Crippen molar-refractivity contribution in [2.75, 3.05) is 20.4 Å². The largest absolute Gasteiger partial charge is 0.468 e. The number of rotatable bonds is 7. The highest BCUT2D eigenvalue weighted by atomic mass is 31.2. The molecule has 1 aliphatic rings. The third-order valence-corrected chi connectivity index (χ3v) is 5.60. The van der Waals surface area contributed by atoms with Crippen molar-refractivity contribution in [2.24, 2.45) is 0 Å². The van der Waals surface area contributed by atoms with Crippen molar-refractivity contribution in [1.82, 2.24) is 14.6 Å². The van der Waals surface area contributed by atoms with Crippen molar-refractivity contribution >= 4 is 13.5 Å². The van der Waals surface area contributed by atoms with Crippen LogP contribution in [0.25, 0.3) is 0 Å². The van der Waals surface area contributed by atoms with Gasteiger partial charge in [-0.15, -0.1) is 6.42 Å². The monoisotopic (exact) mass is 431 g/mol. The first kappa shape index (κ1) is 24.8. The zero-order valence-corrected chi connectivity index (χ0v) is 16.5. The predicted octanol–water partition coefficient (Wildman–Crippen LogP) is -0.207. The average Bonchev–Trinajstić information content (AvgIpc) is 2.99. The molecule has 1 unspecified atom stereocenters. The molecular formula is C17H26N3O8P. The molecule has 11 nitrogen and oxygen atoms in total. The standard InChI is InChI=1S/C16H22N3O8P.CH4/c1-5-10-7-19(16(23)17-14(10)21)13-6-11(20)12(27-13)8-26-28(4,24)18-9(2)15(22)25-3;/h1,7,9,11-13,20H,6,8H2,2-4H3,(H,18,24)(H,17,21,23);1H4/t9-,11+,12+,13+,28?;/m0./s1. The van der Waals surface area contributed by atoms with Crippen molar-refractivity contribution in [2.45, 2.75) is 45.2 Å². The SMILES string of the molecule is C.C#Cc1cn([C@H]2C[C@@H](O)[C@@H](COP(C)(=O)N[C@@H](C)C(=O)OC)O2)c(=O)[nH]c1=O. The van der Waals surface area contributed by atoms with Gasteiger partial charge in [0.1, 0.15) is 23.9 Å². The van der Waals surface area contributed by atoms with Crippen LogP contribution in [0, 0.1) is 12.3 Å². The highest BCUT2D eigenvalue weighted by molar-refractivity contribution is 7.56. The fraction of sp³-hybridized carbons (Fsp3) is 0.588. The fourth-order valence-electron chi connectivity index (χ4n) is 2.67. The molecule has 0 amide bonds. The second-order valence-electron chi connectivity index (χ2n) is 6.30. The van der Waals surface area contributed by atoms with E-state index in [4.69, 9.17) is 15.7 Å². The van der Waals surface area contributed by atoms with E-state index in [1.54, 1.807) is 0 Å². The van der Waals surface area contributed by atoms with Crippen LogP contribution in [-0.2, 0) is 23.4 Å². The molecule has 0 aliphatic carbocycles. The van der Waals surface area contributed by atoms with Crippen molar-refractivity contribution in [3.63, 3.8) is 0 Å². The van der Waals surface area contributed by atoms with Crippen LogP contribution in [0.2, 0.25) is 0 Å². The number of carbonyl (C=O) groups is 1. The summed E-state index contributed by atoms with van der Waals surface area (Å²) in [6.07, 6.45) is 3.63. The number of nitrogens with one attached hydrogen (secondary N) is 2. The maximum Gasteiger partial charge on any atom is 0.330 e. The van der Waals surface area contributed by atoms with Crippen molar-refractivity contribution in [1.29, 1.82) is 0 Å². The van der Waals surface area contributed by atoms with Gasteiger partial charge in [0.15, 0.2) is 0 Å². The number of aliphatic hydroxyl groups excluding tert-OH is 1. The van der Waals surface area contributed by atoms with Crippen LogP contribution in [0.5, 0.6) is 0 Å². The fourth-order valence-corrected chi connectivity index (χ4v) is 3.99. The molecule has 2 rings (SSSR count). The quantitative estimate of drug-likeness (QED) is 0.303. The number of hydrogen-bond donors (Lipinski definition) is 3. The molecule has 0 bridgehead atoms. The molecule has 29 heavy (non-hydrogen) atoms. The van der Waals surface area contributed by atoms with E-state index in [1.807, 2.05) is 0 Å². The normalized spacial score (nSPS) is 24.0. The highest BCUT2D eigenvalue weighted by Crippen LogP contribution is 2.40. The topological polar surface area (TPSA) is 149 Å². The minimum atomic E-state index is -3.40. The highest BCUT2D eigenvalue weighted by Gasteiger charge is 2.37. The van der Waals surface area contributed by atoms with Crippen LogP contribution in [0.4, 0.5) is 0 Å². The molecule has 0 aromatic carbocycles. The Bertz CT molecular complexity index is 934. The average molecular weight is 431 g/mol. The predicted molar refractivity (Wildman–Crippen MR) is 105 cm³/mol. The lowest BCUT2D eigenvalue weighted by Gasteiger charge is -2.22. The first-order valence-corrected chi connectivity index (χ1v) is 10.4. The molecule has 5 atom stereocenters. The summed E-state index contributed by atoms with van der Waals surface area (Å²) in [5.41, 5.74) is -1.49. The molecule has 0 saturated carbocycles. The number of aliphatic hydroxyl groups is 1. The molecular weight excluding hydrogens is 405 g/mol. The number of H-pyrrole nitrogens is 1. The summed E-state index contributed by atoms with van der Waals surface area (Å²) in [5, 5.41) is 12.7. The van der Waals surface area contributed by atoms with Gasteiger partial charge in [-0.3, -0.25) is 23.7 Å². The molecule has 3 N–H and O–H groups in total. The molecule has 1 fully saturated rings. The van der Waals surface area contributed by atoms with Gasteiger partial charge in [0.05, 0.1) is 19.8 Å². The van der Waals surface area contributed by atoms with E-state index in [0.717, 1.165) is 4.57 Å². The molecule has 1 saturated heterocycles. The Morgan fingerprint density at radius 1 is 1.59 bits per heavy atom. The third-order valence-electron chi connectivity index (χ3n) is 4.11. The van der Waals surface area contributed by atoms with Crippen LogP contribution < -0.4 is 16.3 Å². The summed E-state index contributed by atoms with van der Waals surface area (Å²) >= 11 is 0. The molecule has 0 spiro atoms. The summed E-state index contributed by atoms with van der Waals surface area (Å²) in [4.78, 5) is 37.0. The Morgan fingerprint density at radius 2 is 2.24 bits per heavy atom. The minimum absolute atomic E-state index is 0. The van der Waals surface area contributed by atoms with E-state index in [0.29, 0.717) is 0 Å². The van der Waals surface area contributed by atoms with E-state index in [2.05, 4.69) is 20.7 Å². The van der Waals surface area contributed by atoms with Gasteiger partial charge in [0.25, 0.3) is 13.1 Å². The van der Waals surface area contributed by atoms with Crippen molar-refractivity contribution in [3.05, 3.63) is 32.6 Å². The maximum absolute atomic E-state index is 12.4. The molecule has 12 heteroatoms. The van der Waals surface area contributed by atoms with E-state index in [1.165, 1.54) is 26.9 Å². The number of nitrogens with zero attached hydrogens (tertiary/aromatic N) is 1. The van der Waals surface area contributed by atoms with Gasteiger partial charge >= 0.3 is 11.7 Å². The van der Waals surface area contributed by atoms with Gasteiger partial charge in [-0.05, 0) is 6.92 Å². The Labute approximate surface area is 167 Å². The summed E-state index contributed by atoms with van der Waals surface area (Å²) in [6.45, 7) is 2.48. The lowest BCUT2D eigenvalue weighted by molar-refractivity contribution is -0.142. The zero-order chi connectivity index (χ0) is 21.1. The van der Waals surface area contributed by atoms with E-state index in [-0.39, 0.29) is 26.0 Å².